The molecule has 3 aromatic carbocycles. The maximum atomic E-state index is 14.1. The highest BCUT2D eigenvalue weighted by atomic mass is 127. The molecular weight excluding hydrogens is 789 g/mol. The molecule has 1 aliphatic rings. The molecule has 0 N–H and O–H groups in total. The van der Waals surface area contributed by atoms with Gasteiger partial charge in [0.1, 0.15) is 24.1 Å². The van der Waals surface area contributed by atoms with Crippen molar-refractivity contribution in [2.24, 2.45) is 4.99 Å². The van der Waals surface area contributed by atoms with E-state index in [1.54, 1.807) is 36.6 Å². The number of hydrogen-bond donors (Lipinski definition) is 0. The number of fused-ring (bicyclic) bond motifs is 1. The molecule has 0 amide bonds. The molecule has 2 heterocycles. The summed E-state index contributed by atoms with van der Waals surface area (Å²) in [6, 6.07) is 16.5. The van der Waals surface area contributed by atoms with Crippen molar-refractivity contribution in [3.05, 3.63) is 126 Å². The van der Waals surface area contributed by atoms with E-state index in [-0.39, 0.29) is 36.1 Å². The first kappa shape index (κ1) is 33.5. The van der Waals surface area contributed by atoms with Gasteiger partial charge < -0.3 is 14.2 Å². The van der Waals surface area contributed by atoms with E-state index in [1.165, 1.54) is 23.5 Å². The Hall–Kier alpha value is -3.82. The van der Waals surface area contributed by atoms with Gasteiger partial charge in [-0.25, -0.2) is 9.79 Å². The number of nitro benzene ring substituents is 1. The van der Waals surface area contributed by atoms with Crippen molar-refractivity contribution in [2.75, 3.05) is 6.61 Å². The number of non-ortho nitro benzene ring substituents is 1. The molecule has 5 rings (SSSR count). The summed E-state index contributed by atoms with van der Waals surface area (Å²) < 4.78 is 21.0. The minimum absolute atomic E-state index is 0.0147. The molecule has 1 aromatic heterocycles. The summed E-state index contributed by atoms with van der Waals surface area (Å²) in [5.41, 5.74) is 2.67. The Morgan fingerprint density at radius 3 is 2.57 bits per heavy atom. The first-order valence-electron chi connectivity index (χ1n) is 14.3. The Kier molecular flexibility index (Phi) is 10.4. The summed E-state index contributed by atoms with van der Waals surface area (Å²) in [6.07, 6.45) is 1.66. The van der Waals surface area contributed by atoms with Gasteiger partial charge in [-0.1, -0.05) is 29.5 Å². The summed E-state index contributed by atoms with van der Waals surface area (Å²) in [4.78, 5) is 43.0. The highest BCUT2D eigenvalue weighted by Gasteiger charge is 2.35. The number of carbonyl (C=O) groups is 1. The summed E-state index contributed by atoms with van der Waals surface area (Å²) >= 11 is 7.00. The monoisotopic (exact) mass is 817 g/mol. The van der Waals surface area contributed by atoms with Gasteiger partial charge in [-0.3, -0.25) is 19.5 Å². The lowest BCUT2D eigenvalue weighted by molar-refractivity contribution is -0.384. The Balaban J connectivity index is 1.54. The van der Waals surface area contributed by atoms with Crippen molar-refractivity contribution in [3.63, 3.8) is 0 Å². The van der Waals surface area contributed by atoms with E-state index >= 15 is 0 Å². The standard InChI is InChI=1S/C33H29BrIN3O7S/c1-5-43-32(40)28-19(4)36-33-37(29(28)23-8-6-7-9-26(23)45-18(2)3)31(39)27(46-33)16-21-14-24(34)30(25(35)15-21)44-17-20-10-12-22(13-11-20)38(41)42/h6-16,18,29H,5,17H2,1-4H3/b27-16+/t29-/m0/s1. The number of carbonyl (C=O) groups excluding carboxylic acids is 1. The largest absolute Gasteiger partial charge is 0.491 e. The van der Waals surface area contributed by atoms with Crippen molar-refractivity contribution in [1.29, 1.82) is 0 Å². The van der Waals surface area contributed by atoms with Crippen LogP contribution in [0.15, 0.2) is 86.2 Å². The molecule has 0 unspecified atom stereocenters. The lowest BCUT2D eigenvalue weighted by Crippen LogP contribution is -2.40. The molecular formula is C33H29BrIN3O7S. The second kappa shape index (κ2) is 14.3. The van der Waals surface area contributed by atoms with Gasteiger partial charge in [0.05, 0.1) is 41.5 Å². The Morgan fingerprint density at radius 1 is 1.20 bits per heavy atom. The molecule has 0 radical (unpaired) electrons. The molecule has 4 aromatic rings. The van der Waals surface area contributed by atoms with Crippen molar-refractivity contribution in [3.8, 4) is 11.5 Å². The lowest BCUT2D eigenvalue weighted by Gasteiger charge is -2.26. The lowest BCUT2D eigenvalue weighted by atomic mass is 9.95. The van der Waals surface area contributed by atoms with Gasteiger partial charge in [0, 0.05) is 17.7 Å². The van der Waals surface area contributed by atoms with Crippen molar-refractivity contribution >= 4 is 67.6 Å². The summed E-state index contributed by atoms with van der Waals surface area (Å²) in [5, 5.41) is 10.9. The van der Waals surface area contributed by atoms with Crippen LogP contribution in [0.5, 0.6) is 11.5 Å². The molecule has 0 bridgehead atoms. The number of nitrogens with zero attached hydrogens (tertiary/aromatic N) is 3. The normalized spacial score (nSPS) is 14.6. The number of thiazole rings is 1. The Bertz CT molecular complexity index is 2010. The molecule has 46 heavy (non-hydrogen) atoms. The van der Waals surface area contributed by atoms with Gasteiger partial charge in [0.15, 0.2) is 4.80 Å². The first-order chi connectivity index (χ1) is 22.0. The fourth-order valence-corrected chi connectivity index (χ4v) is 7.79. The van der Waals surface area contributed by atoms with Crippen LogP contribution in [0, 0.1) is 13.7 Å². The van der Waals surface area contributed by atoms with Crippen LogP contribution in [0.25, 0.3) is 6.08 Å². The number of aromatic nitrogens is 1. The third-order valence-corrected chi connectivity index (χ3v) is 9.32. The third-order valence-electron chi connectivity index (χ3n) is 6.94. The van der Waals surface area contributed by atoms with E-state index in [0.717, 1.165) is 14.7 Å². The molecule has 1 aliphatic heterocycles. The molecule has 0 spiro atoms. The fourth-order valence-electron chi connectivity index (χ4n) is 4.97. The number of halogens is 2. The van der Waals surface area contributed by atoms with Crippen molar-refractivity contribution < 1.29 is 23.9 Å². The average molecular weight is 818 g/mol. The number of hydrogen-bond acceptors (Lipinski definition) is 9. The van der Waals surface area contributed by atoms with Crippen LogP contribution in [-0.2, 0) is 16.1 Å². The Morgan fingerprint density at radius 2 is 1.91 bits per heavy atom. The maximum Gasteiger partial charge on any atom is 0.338 e. The van der Waals surface area contributed by atoms with Crippen molar-refractivity contribution in [1.82, 2.24) is 4.57 Å². The van der Waals surface area contributed by atoms with Crippen LogP contribution in [0.4, 0.5) is 5.69 Å². The highest BCUT2D eigenvalue weighted by molar-refractivity contribution is 14.1. The van der Waals surface area contributed by atoms with Gasteiger partial charge >= 0.3 is 5.97 Å². The SMILES string of the molecule is CCOC(=O)C1=C(C)N=c2s/c(=C/c3cc(Br)c(OCc4ccc([N+](=O)[O-])cc4)c(I)c3)c(=O)n2[C@H]1c1ccccc1OC(C)C. The second-order valence-electron chi connectivity index (χ2n) is 10.5. The first-order valence-corrected chi connectivity index (χ1v) is 17.0. The van der Waals surface area contributed by atoms with E-state index in [2.05, 4.69) is 43.5 Å². The molecule has 1 atom stereocenters. The van der Waals surface area contributed by atoms with E-state index in [9.17, 15) is 19.7 Å². The van der Waals surface area contributed by atoms with Crippen LogP contribution in [0.2, 0.25) is 0 Å². The number of rotatable bonds is 10. The zero-order valence-electron chi connectivity index (χ0n) is 25.3. The number of para-hydroxylation sites is 1. The molecule has 0 aliphatic carbocycles. The predicted octanol–water partition coefficient (Wildman–Crippen LogP) is 6.44. The van der Waals surface area contributed by atoms with Gasteiger partial charge in [0.2, 0.25) is 0 Å². The third kappa shape index (κ3) is 7.10. The van der Waals surface area contributed by atoms with Gasteiger partial charge in [0.25, 0.3) is 11.2 Å². The highest BCUT2D eigenvalue weighted by Crippen LogP contribution is 2.36. The molecule has 0 saturated heterocycles. The van der Waals surface area contributed by atoms with Gasteiger partial charge in [-0.05, 0) is 114 Å². The topological polar surface area (TPSA) is 122 Å². The zero-order valence-corrected chi connectivity index (χ0v) is 29.8. The van der Waals surface area contributed by atoms with E-state index in [4.69, 9.17) is 14.2 Å². The molecule has 0 fully saturated rings. The van der Waals surface area contributed by atoms with Crippen LogP contribution in [-0.4, -0.2) is 28.2 Å². The van der Waals surface area contributed by atoms with Crippen LogP contribution in [0.1, 0.15) is 50.4 Å². The maximum absolute atomic E-state index is 14.1. The molecule has 13 heteroatoms. The number of esters is 1. The number of allylic oxidation sites excluding steroid dienone is 1. The van der Waals surface area contributed by atoms with Crippen LogP contribution < -0.4 is 24.4 Å². The van der Waals surface area contributed by atoms with E-state index in [0.29, 0.717) is 36.6 Å². The predicted molar refractivity (Wildman–Crippen MR) is 187 cm³/mol. The summed E-state index contributed by atoms with van der Waals surface area (Å²) in [6.45, 7) is 7.71. The van der Waals surface area contributed by atoms with Crippen LogP contribution >= 0.6 is 49.9 Å². The fraction of sp³-hybridized carbons (Fsp3) is 0.242. The number of nitro groups is 1. The Labute approximate surface area is 290 Å². The second-order valence-corrected chi connectivity index (χ2v) is 13.6. The molecule has 0 saturated carbocycles. The number of benzene rings is 3. The summed E-state index contributed by atoms with van der Waals surface area (Å²) in [7, 11) is 0. The zero-order chi connectivity index (χ0) is 33.1. The van der Waals surface area contributed by atoms with Crippen LogP contribution in [0.3, 0.4) is 0 Å². The van der Waals surface area contributed by atoms with Crippen molar-refractivity contribution in [2.45, 2.75) is 46.4 Å². The smallest absolute Gasteiger partial charge is 0.338 e. The number of ether oxygens (including phenoxy) is 3. The van der Waals surface area contributed by atoms with E-state index in [1.807, 2.05) is 50.2 Å². The van der Waals surface area contributed by atoms with Gasteiger partial charge in [-0.15, -0.1) is 0 Å². The van der Waals surface area contributed by atoms with Gasteiger partial charge in [-0.2, -0.15) is 0 Å². The summed E-state index contributed by atoms with van der Waals surface area (Å²) in [5.74, 6) is 0.635. The molecule has 238 valence electrons. The minimum Gasteiger partial charge on any atom is -0.491 e. The minimum atomic E-state index is -0.797. The molecule has 10 nitrogen and oxygen atoms in total. The quantitative estimate of drug-likeness (QED) is 0.0782. The average Bonchev–Trinajstić information content (AvgIpc) is 3.30. The van der Waals surface area contributed by atoms with E-state index < -0.39 is 16.9 Å².